The zero-order valence-electron chi connectivity index (χ0n) is 18.1. The summed E-state index contributed by atoms with van der Waals surface area (Å²) in [6.07, 6.45) is 3.35. The van der Waals surface area contributed by atoms with Crippen LogP contribution in [0.15, 0.2) is 67.0 Å². The number of benzene rings is 2. The first kappa shape index (κ1) is 24.2. The summed E-state index contributed by atoms with van der Waals surface area (Å²) in [5, 5.41) is 3.31. The highest BCUT2D eigenvalue weighted by Gasteiger charge is 2.20. The largest absolute Gasteiger partial charge is 0.496 e. The molecule has 1 heterocycles. The van der Waals surface area contributed by atoms with Gasteiger partial charge >= 0.3 is 5.97 Å². The number of anilines is 1. The average Bonchev–Trinajstić information content (AvgIpc) is 2.83. The van der Waals surface area contributed by atoms with E-state index >= 15 is 0 Å². The van der Waals surface area contributed by atoms with Crippen LogP contribution in [0.4, 0.5) is 5.69 Å². The van der Waals surface area contributed by atoms with Gasteiger partial charge in [-0.1, -0.05) is 11.6 Å². The summed E-state index contributed by atoms with van der Waals surface area (Å²) in [5.74, 6) is -0.491. The van der Waals surface area contributed by atoms with Crippen molar-refractivity contribution in [2.24, 2.45) is 0 Å². The van der Waals surface area contributed by atoms with Crippen LogP contribution in [0.5, 0.6) is 5.75 Å². The number of thiocarbonyl (C=S) groups is 1. The summed E-state index contributed by atoms with van der Waals surface area (Å²) < 4.78 is 10.3. The van der Waals surface area contributed by atoms with Gasteiger partial charge in [0.2, 0.25) is 0 Å². The summed E-state index contributed by atoms with van der Waals surface area (Å²) in [7, 11) is 1.47. The number of nitrogens with one attached hydrogen (secondary N) is 1. The summed E-state index contributed by atoms with van der Waals surface area (Å²) >= 11 is 11.6. The van der Waals surface area contributed by atoms with Gasteiger partial charge in [-0.15, -0.1) is 0 Å². The number of halogens is 1. The zero-order valence-corrected chi connectivity index (χ0v) is 19.7. The lowest BCUT2D eigenvalue weighted by atomic mass is 10.1. The number of amides is 1. The Balaban J connectivity index is 1.88. The predicted molar refractivity (Wildman–Crippen MR) is 131 cm³/mol. The number of hydrogen-bond acceptors (Lipinski definition) is 6. The molecular weight excluding hydrogens is 462 g/mol. The number of aromatic nitrogens is 1. The van der Waals surface area contributed by atoms with Crippen molar-refractivity contribution in [1.82, 2.24) is 10.3 Å². The molecule has 0 saturated carbocycles. The Labute approximate surface area is 202 Å². The molecule has 0 spiro atoms. The lowest BCUT2D eigenvalue weighted by molar-refractivity contribution is 0.0526. The second kappa shape index (κ2) is 11.4. The molecule has 0 aliphatic carbocycles. The van der Waals surface area contributed by atoms with Crippen LogP contribution in [0.3, 0.4) is 0 Å². The minimum Gasteiger partial charge on any atom is -0.496 e. The molecule has 1 N–H and O–H groups in total. The van der Waals surface area contributed by atoms with E-state index in [0.29, 0.717) is 28.6 Å². The lowest BCUT2D eigenvalue weighted by Crippen LogP contribution is -2.42. The first-order valence-electron chi connectivity index (χ1n) is 10.1. The van der Waals surface area contributed by atoms with Crippen LogP contribution in [0, 0.1) is 0 Å². The fourth-order valence-corrected chi connectivity index (χ4v) is 3.47. The minimum atomic E-state index is -0.456. The van der Waals surface area contributed by atoms with E-state index in [-0.39, 0.29) is 17.3 Å². The van der Waals surface area contributed by atoms with Gasteiger partial charge in [0.25, 0.3) is 5.91 Å². The van der Waals surface area contributed by atoms with Gasteiger partial charge < -0.3 is 14.4 Å². The van der Waals surface area contributed by atoms with Crippen LogP contribution >= 0.6 is 23.8 Å². The molecule has 1 amide bonds. The Morgan fingerprint density at radius 2 is 1.79 bits per heavy atom. The van der Waals surface area contributed by atoms with E-state index in [0.717, 1.165) is 5.56 Å². The number of nitrogens with zero attached hydrogens (tertiary/aromatic N) is 2. The van der Waals surface area contributed by atoms with E-state index in [4.69, 9.17) is 33.3 Å². The van der Waals surface area contributed by atoms with Crippen molar-refractivity contribution < 1.29 is 19.1 Å². The summed E-state index contributed by atoms with van der Waals surface area (Å²) in [5.41, 5.74) is 2.29. The molecule has 9 heteroatoms. The Kier molecular flexibility index (Phi) is 8.34. The van der Waals surface area contributed by atoms with Crippen LogP contribution in [-0.2, 0) is 11.3 Å². The van der Waals surface area contributed by atoms with Crippen LogP contribution in [-0.4, -0.2) is 35.7 Å². The molecule has 33 heavy (non-hydrogen) atoms. The highest BCUT2D eigenvalue weighted by Crippen LogP contribution is 2.23. The third-order valence-corrected chi connectivity index (χ3v) is 5.21. The predicted octanol–water partition coefficient (Wildman–Crippen LogP) is 4.64. The van der Waals surface area contributed by atoms with Crippen molar-refractivity contribution >= 4 is 46.5 Å². The molecule has 3 aromatic rings. The molecule has 0 aliphatic rings. The maximum atomic E-state index is 13.0. The standard InChI is InChI=1S/C24H22ClN3O4S/c1-3-32-23(30)17-4-7-19(8-5-17)28(15-16-10-12-26-13-11-16)24(33)27-22(29)20-14-18(25)6-9-21(20)31-2/h4-14H,3,15H2,1-2H3,(H,27,29,33). The topological polar surface area (TPSA) is 80.8 Å². The van der Waals surface area contributed by atoms with E-state index in [1.165, 1.54) is 13.2 Å². The van der Waals surface area contributed by atoms with E-state index in [1.54, 1.807) is 60.6 Å². The maximum absolute atomic E-state index is 13.0. The van der Waals surface area contributed by atoms with Gasteiger partial charge in [0.1, 0.15) is 5.75 Å². The Morgan fingerprint density at radius 3 is 2.42 bits per heavy atom. The summed E-state index contributed by atoms with van der Waals surface area (Å²) in [4.78, 5) is 30.7. The quantitative estimate of drug-likeness (QED) is 0.387. The molecule has 1 aromatic heterocycles. The van der Waals surface area contributed by atoms with Crippen molar-refractivity contribution in [3.05, 3.63) is 88.7 Å². The van der Waals surface area contributed by atoms with Gasteiger partial charge in [-0.3, -0.25) is 15.1 Å². The van der Waals surface area contributed by atoms with Gasteiger partial charge in [-0.2, -0.15) is 0 Å². The van der Waals surface area contributed by atoms with Crippen molar-refractivity contribution in [2.75, 3.05) is 18.6 Å². The number of carbonyl (C=O) groups excluding carboxylic acids is 2. The first-order valence-corrected chi connectivity index (χ1v) is 10.8. The highest BCUT2D eigenvalue weighted by atomic mass is 35.5. The van der Waals surface area contributed by atoms with Gasteiger partial charge in [-0.25, -0.2) is 4.79 Å². The number of methoxy groups -OCH3 is 1. The molecule has 3 rings (SSSR count). The minimum absolute atomic E-state index is 0.169. The van der Waals surface area contributed by atoms with Gasteiger partial charge in [0, 0.05) is 23.1 Å². The van der Waals surface area contributed by atoms with Crippen molar-refractivity contribution in [1.29, 1.82) is 0 Å². The number of carbonyl (C=O) groups is 2. The van der Waals surface area contributed by atoms with Crippen molar-refractivity contribution in [3.8, 4) is 5.75 Å². The van der Waals surface area contributed by atoms with Crippen molar-refractivity contribution in [2.45, 2.75) is 13.5 Å². The Morgan fingerprint density at radius 1 is 1.09 bits per heavy atom. The highest BCUT2D eigenvalue weighted by molar-refractivity contribution is 7.80. The number of hydrogen-bond donors (Lipinski definition) is 1. The molecule has 0 bridgehead atoms. The SMILES string of the molecule is CCOC(=O)c1ccc(N(Cc2ccncc2)C(=S)NC(=O)c2cc(Cl)ccc2OC)cc1. The number of pyridine rings is 1. The third kappa shape index (κ3) is 6.27. The number of esters is 1. The van der Waals surface area contributed by atoms with Crippen LogP contribution < -0.4 is 15.0 Å². The van der Waals surface area contributed by atoms with Gasteiger partial charge in [0.15, 0.2) is 5.11 Å². The second-order valence-corrected chi connectivity index (χ2v) is 7.64. The molecule has 0 radical (unpaired) electrons. The van der Waals surface area contributed by atoms with E-state index in [9.17, 15) is 9.59 Å². The molecule has 0 unspecified atom stereocenters. The molecule has 0 fully saturated rings. The number of ether oxygens (including phenoxy) is 2. The normalized spacial score (nSPS) is 10.3. The zero-order chi connectivity index (χ0) is 23.8. The molecule has 0 saturated heterocycles. The van der Waals surface area contributed by atoms with Gasteiger partial charge in [-0.05, 0) is 79.3 Å². The van der Waals surface area contributed by atoms with E-state index in [1.807, 2.05) is 12.1 Å². The summed E-state index contributed by atoms with van der Waals surface area (Å²) in [6, 6.07) is 15.3. The molecule has 0 aliphatic heterocycles. The molecule has 2 aromatic carbocycles. The molecule has 0 atom stereocenters. The second-order valence-electron chi connectivity index (χ2n) is 6.81. The van der Waals surface area contributed by atoms with E-state index in [2.05, 4.69) is 10.3 Å². The first-order chi connectivity index (χ1) is 15.9. The van der Waals surface area contributed by atoms with Crippen LogP contribution in [0.1, 0.15) is 33.2 Å². The van der Waals surface area contributed by atoms with Crippen LogP contribution in [0.25, 0.3) is 0 Å². The Bertz CT molecular complexity index is 1140. The molecule has 7 nitrogen and oxygen atoms in total. The lowest BCUT2D eigenvalue weighted by Gasteiger charge is -2.26. The maximum Gasteiger partial charge on any atom is 0.338 e. The van der Waals surface area contributed by atoms with Crippen LogP contribution in [0.2, 0.25) is 5.02 Å². The van der Waals surface area contributed by atoms with Gasteiger partial charge in [0.05, 0.1) is 31.4 Å². The molecule has 170 valence electrons. The van der Waals surface area contributed by atoms with E-state index < -0.39 is 11.9 Å². The summed E-state index contributed by atoms with van der Waals surface area (Å²) in [6.45, 7) is 2.41. The third-order valence-electron chi connectivity index (χ3n) is 4.65. The van der Waals surface area contributed by atoms with Crippen molar-refractivity contribution in [3.63, 3.8) is 0 Å². The monoisotopic (exact) mass is 483 g/mol. The Hall–Kier alpha value is -3.49. The number of rotatable bonds is 7. The fraction of sp³-hybridized carbons (Fsp3) is 0.167. The fourth-order valence-electron chi connectivity index (χ4n) is 3.03. The smallest absolute Gasteiger partial charge is 0.338 e. The average molecular weight is 484 g/mol. The molecular formula is C24H22ClN3O4S.